The zero-order valence-corrected chi connectivity index (χ0v) is 20.6. The number of likely N-dealkylation sites (N-methyl/N-ethyl adjacent to an activating group) is 1. The normalized spacial score (nSPS) is 14.5. The number of benzene rings is 1. The zero-order chi connectivity index (χ0) is 22.7. The van der Waals surface area contributed by atoms with E-state index < -0.39 is 0 Å². The Balaban J connectivity index is 1.33. The van der Waals surface area contributed by atoms with Gasteiger partial charge in [0, 0.05) is 16.4 Å². The third kappa shape index (κ3) is 5.20. The van der Waals surface area contributed by atoms with E-state index in [1.165, 1.54) is 28.6 Å². The fourth-order valence-corrected chi connectivity index (χ4v) is 6.36. The lowest BCUT2D eigenvalue weighted by Gasteiger charge is -2.26. The summed E-state index contributed by atoms with van der Waals surface area (Å²) in [6, 6.07) is 7.68. The average Bonchev–Trinajstić information content (AvgIpc) is 3.13. The maximum atomic E-state index is 12.6. The van der Waals surface area contributed by atoms with Crippen molar-refractivity contribution in [1.29, 1.82) is 0 Å². The van der Waals surface area contributed by atoms with Crippen LogP contribution in [-0.2, 0) is 23.4 Å². The third-order valence-electron chi connectivity index (χ3n) is 5.73. The summed E-state index contributed by atoms with van der Waals surface area (Å²) in [5, 5.41) is 4.46. The third-order valence-corrected chi connectivity index (χ3v) is 8.20. The van der Waals surface area contributed by atoms with Crippen molar-refractivity contribution < 1.29 is 4.79 Å². The summed E-state index contributed by atoms with van der Waals surface area (Å²) < 4.78 is 0. The van der Waals surface area contributed by atoms with Crippen molar-refractivity contribution >= 4 is 50.8 Å². The number of aromatic nitrogens is 2. The van der Waals surface area contributed by atoms with Crippen LogP contribution in [-0.4, -0.2) is 47.2 Å². The smallest absolute Gasteiger partial charge is 0.259 e. The van der Waals surface area contributed by atoms with Crippen molar-refractivity contribution in [3.05, 3.63) is 61.5 Å². The highest BCUT2D eigenvalue weighted by Crippen LogP contribution is 2.33. The van der Waals surface area contributed by atoms with Crippen LogP contribution >= 0.6 is 34.7 Å². The van der Waals surface area contributed by atoms with Crippen molar-refractivity contribution in [3.63, 3.8) is 0 Å². The number of nitrogens with one attached hydrogen (secondary N) is 2. The fraction of sp³-hybridized carbons (Fsp3) is 0.435. The Bertz CT molecular complexity index is 1170. The Morgan fingerprint density at radius 1 is 1.31 bits per heavy atom. The Labute approximate surface area is 200 Å². The molecule has 0 bridgehead atoms. The number of carbonyl (C=O) groups excluding carboxylic acids is 1. The minimum Gasteiger partial charge on any atom is -0.353 e. The molecule has 1 aromatic carbocycles. The van der Waals surface area contributed by atoms with E-state index in [-0.39, 0.29) is 17.5 Å². The van der Waals surface area contributed by atoms with Gasteiger partial charge >= 0.3 is 0 Å². The number of thiophene rings is 1. The molecule has 4 rings (SSSR count). The van der Waals surface area contributed by atoms with Gasteiger partial charge in [-0.3, -0.25) is 9.59 Å². The van der Waals surface area contributed by atoms with E-state index >= 15 is 0 Å². The van der Waals surface area contributed by atoms with Gasteiger partial charge in [-0.05, 0) is 57.0 Å². The molecule has 2 heterocycles. The predicted molar refractivity (Wildman–Crippen MR) is 134 cm³/mol. The minimum absolute atomic E-state index is 0.0112. The second-order valence-corrected chi connectivity index (χ2v) is 10.7. The lowest BCUT2D eigenvalue weighted by atomic mass is 9.97. The first-order valence-electron chi connectivity index (χ1n) is 10.7. The molecule has 0 saturated heterocycles. The number of hydrogen-bond acceptors (Lipinski definition) is 6. The van der Waals surface area contributed by atoms with Crippen molar-refractivity contribution in [3.8, 4) is 0 Å². The Kier molecular flexibility index (Phi) is 7.55. The number of aromatic amines is 1. The molecule has 2 N–H and O–H groups in total. The first-order chi connectivity index (χ1) is 15.4. The lowest BCUT2D eigenvalue weighted by Crippen LogP contribution is -2.35. The van der Waals surface area contributed by atoms with Crippen molar-refractivity contribution in [2.45, 2.75) is 37.5 Å². The summed E-state index contributed by atoms with van der Waals surface area (Å²) in [4.78, 5) is 36.8. The number of thioether (sulfide) groups is 1. The van der Waals surface area contributed by atoms with Gasteiger partial charge in [0.2, 0.25) is 5.91 Å². The maximum absolute atomic E-state index is 12.6. The lowest BCUT2D eigenvalue weighted by molar-refractivity contribution is -0.118. The summed E-state index contributed by atoms with van der Waals surface area (Å²) in [6.07, 6.45) is 4.33. The van der Waals surface area contributed by atoms with Crippen LogP contribution in [0.4, 0.5) is 0 Å². The van der Waals surface area contributed by atoms with E-state index in [2.05, 4.69) is 15.3 Å². The maximum Gasteiger partial charge on any atom is 0.259 e. The second-order valence-electron chi connectivity index (χ2n) is 8.20. The predicted octanol–water partition coefficient (Wildman–Crippen LogP) is 4.17. The van der Waals surface area contributed by atoms with Crippen molar-refractivity contribution in [2.24, 2.45) is 0 Å². The molecule has 3 aromatic rings. The molecule has 0 aliphatic heterocycles. The summed E-state index contributed by atoms with van der Waals surface area (Å²) >= 11 is 9.43. The number of fused-ring (bicyclic) bond motifs is 3. The average molecular weight is 491 g/mol. The van der Waals surface area contributed by atoms with Crippen LogP contribution < -0.4 is 10.9 Å². The number of carbonyl (C=O) groups is 1. The van der Waals surface area contributed by atoms with Crippen LogP contribution in [0.5, 0.6) is 0 Å². The van der Waals surface area contributed by atoms with Gasteiger partial charge in [0.25, 0.3) is 5.56 Å². The second kappa shape index (κ2) is 10.4. The quantitative estimate of drug-likeness (QED) is 0.495. The molecule has 0 spiro atoms. The molecule has 0 radical (unpaired) electrons. The summed E-state index contributed by atoms with van der Waals surface area (Å²) in [5.74, 6) is 1.36. The van der Waals surface area contributed by atoms with E-state index in [1.807, 2.05) is 43.3 Å². The summed E-state index contributed by atoms with van der Waals surface area (Å²) in [5.41, 5.74) is 2.13. The van der Waals surface area contributed by atoms with Gasteiger partial charge in [-0.25, -0.2) is 4.98 Å². The number of H-pyrrole nitrogens is 1. The molecule has 1 amide bonds. The molecule has 1 atom stereocenters. The van der Waals surface area contributed by atoms with Crippen LogP contribution in [0.1, 0.15) is 40.7 Å². The number of rotatable bonds is 8. The zero-order valence-electron chi connectivity index (χ0n) is 18.2. The van der Waals surface area contributed by atoms with Crippen molar-refractivity contribution in [1.82, 2.24) is 20.2 Å². The molecular weight excluding hydrogens is 464 g/mol. The Hall–Kier alpha value is -1.87. The molecule has 2 aromatic heterocycles. The molecule has 9 heteroatoms. The van der Waals surface area contributed by atoms with E-state index in [9.17, 15) is 9.59 Å². The highest BCUT2D eigenvalue weighted by atomic mass is 35.5. The number of amides is 1. The molecule has 32 heavy (non-hydrogen) atoms. The summed E-state index contributed by atoms with van der Waals surface area (Å²) in [7, 11) is 3.94. The summed E-state index contributed by atoms with van der Waals surface area (Å²) in [6.45, 7) is 0.470. The highest BCUT2D eigenvalue weighted by molar-refractivity contribution is 7.99. The van der Waals surface area contributed by atoms with E-state index in [4.69, 9.17) is 11.6 Å². The number of nitrogens with zero attached hydrogens (tertiary/aromatic N) is 2. The molecule has 1 aliphatic carbocycles. The van der Waals surface area contributed by atoms with Gasteiger partial charge in [-0.15, -0.1) is 23.1 Å². The fourth-order valence-electron chi connectivity index (χ4n) is 4.09. The van der Waals surface area contributed by atoms with E-state index in [0.29, 0.717) is 28.9 Å². The van der Waals surface area contributed by atoms with Gasteiger partial charge < -0.3 is 15.2 Å². The number of aryl methyl sites for hydroxylation is 2. The molecule has 0 fully saturated rings. The first kappa shape index (κ1) is 23.3. The Morgan fingerprint density at radius 2 is 2.09 bits per heavy atom. The Morgan fingerprint density at radius 3 is 2.88 bits per heavy atom. The molecular formula is C23H27ClN4O2S2. The molecule has 1 aliphatic rings. The van der Waals surface area contributed by atoms with Gasteiger partial charge in [0.15, 0.2) is 0 Å². The largest absolute Gasteiger partial charge is 0.353 e. The molecule has 0 unspecified atom stereocenters. The van der Waals surface area contributed by atoms with Crippen LogP contribution in [0.25, 0.3) is 10.2 Å². The topological polar surface area (TPSA) is 78.1 Å². The van der Waals surface area contributed by atoms with Gasteiger partial charge in [0.05, 0.1) is 22.9 Å². The number of hydrogen-bond donors (Lipinski definition) is 2. The van der Waals surface area contributed by atoms with Gasteiger partial charge in [-0.1, -0.05) is 29.8 Å². The SMILES string of the molecule is CN(C)[C@H](CNC(=O)CSCc1nc2sc3c(c2c(=O)[nH]1)CCCC3)c1ccccc1Cl. The van der Waals surface area contributed by atoms with Crippen LogP contribution in [0, 0.1) is 0 Å². The molecule has 170 valence electrons. The van der Waals surface area contributed by atoms with E-state index in [1.54, 1.807) is 11.3 Å². The van der Waals surface area contributed by atoms with Crippen LogP contribution in [0.3, 0.4) is 0 Å². The minimum atomic E-state index is -0.0528. The molecule has 0 saturated carbocycles. The first-order valence-corrected chi connectivity index (χ1v) is 13.1. The molecule has 6 nitrogen and oxygen atoms in total. The standard InChI is InChI=1S/C23H27ClN4O2S2/c1-28(2)17(14-7-3-5-9-16(14)24)11-25-20(29)13-31-12-19-26-22(30)21-15-8-4-6-10-18(15)32-23(21)27-19/h3,5,7,9,17H,4,6,8,10-13H2,1-2H3,(H,25,29)(H,26,27,30)/t17-/m1/s1. The highest BCUT2D eigenvalue weighted by Gasteiger charge is 2.20. The monoisotopic (exact) mass is 490 g/mol. The van der Waals surface area contributed by atoms with Crippen LogP contribution in [0.2, 0.25) is 5.02 Å². The van der Waals surface area contributed by atoms with Crippen LogP contribution in [0.15, 0.2) is 29.1 Å². The van der Waals surface area contributed by atoms with Crippen molar-refractivity contribution in [2.75, 3.05) is 26.4 Å². The van der Waals surface area contributed by atoms with Gasteiger partial charge in [-0.2, -0.15) is 0 Å². The van der Waals surface area contributed by atoms with Gasteiger partial charge in [0.1, 0.15) is 10.7 Å². The number of halogens is 1. The van der Waals surface area contributed by atoms with E-state index in [0.717, 1.165) is 35.0 Å².